The summed E-state index contributed by atoms with van der Waals surface area (Å²) in [7, 11) is 0. The van der Waals surface area contributed by atoms with E-state index in [1.807, 2.05) is 0 Å². The summed E-state index contributed by atoms with van der Waals surface area (Å²) >= 11 is 0. The van der Waals surface area contributed by atoms with Crippen LogP contribution in [-0.2, 0) is 0 Å². The predicted molar refractivity (Wildman–Crippen MR) is 72.9 cm³/mol. The maximum absolute atomic E-state index is 13.2. The van der Waals surface area contributed by atoms with E-state index in [0.717, 1.165) is 6.20 Å². The largest absolute Gasteiger partial charge is 0.344 e. The molecule has 0 saturated heterocycles. The molecule has 0 aromatic carbocycles. The molecular formula is C13H10FN5O. The van der Waals surface area contributed by atoms with Crippen LogP contribution in [-0.4, -0.2) is 21.0 Å². The number of fused-ring (bicyclic) bond motifs is 1. The Kier molecular flexibility index (Phi) is 3.00. The van der Waals surface area contributed by atoms with Crippen LogP contribution in [0.5, 0.6) is 0 Å². The summed E-state index contributed by atoms with van der Waals surface area (Å²) in [5, 5.41) is 5.75. The molecule has 3 aromatic rings. The van der Waals surface area contributed by atoms with Crippen LogP contribution < -0.4 is 10.6 Å². The molecule has 3 heterocycles. The molecule has 6 nitrogen and oxygen atoms in total. The third-order valence-corrected chi connectivity index (χ3v) is 2.67. The maximum Gasteiger partial charge on any atom is 0.323 e. The van der Waals surface area contributed by atoms with E-state index in [9.17, 15) is 9.18 Å². The molecule has 0 fully saturated rings. The van der Waals surface area contributed by atoms with Gasteiger partial charge in [0, 0.05) is 17.8 Å². The number of amides is 2. The number of anilines is 2. The van der Waals surface area contributed by atoms with E-state index in [1.165, 1.54) is 12.3 Å². The zero-order chi connectivity index (χ0) is 13.9. The van der Waals surface area contributed by atoms with Gasteiger partial charge in [-0.05, 0) is 18.2 Å². The van der Waals surface area contributed by atoms with E-state index in [-0.39, 0.29) is 0 Å². The summed E-state index contributed by atoms with van der Waals surface area (Å²) in [5.41, 5.74) is 1.52. The van der Waals surface area contributed by atoms with E-state index in [4.69, 9.17) is 0 Å². The fraction of sp³-hybridized carbons (Fsp3) is 0. The first-order valence-corrected chi connectivity index (χ1v) is 5.83. The molecule has 3 aromatic heterocycles. The first-order valence-electron chi connectivity index (χ1n) is 5.83. The smallest absolute Gasteiger partial charge is 0.323 e. The van der Waals surface area contributed by atoms with Gasteiger partial charge in [-0.3, -0.25) is 4.98 Å². The van der Waals surface area contributed by atoms with Gasteiger partial charge in [0.1, 0.15) is 11.5 Å². The predicted octanol–water partition coefficient (Wildman–Crippen LogP) is 2.74. The van der Waals surface area contributed by atoms with Crippen LogP contribution in [0.3, 0.4) is 0 Å². The fourth-order valence-electron chi connectivity index (χ4n) is 1.80. The van der Waals surface area contributed by atoms with Crippen LogP contribution in [0.15, 0.2) is 43.0 Å². The molecule has 0 aliphatic carbocycles. The minimum Gasteiger partial charge on any atom is -0.344 e. The molecule has 0 bridgehead atoms. The van der Waals surface area contributed by atoms with Gasteiger partial charge in [-0.1, -0.05) is 0 Å². The second-order valence-electron chi connectivity index (χ2n) is 4.07. The average Bonchev–Trinajstić information content (AvgIpc) is 2.82. The molecule has 0 aliphatic rings. The van der Waals surface area contributed by atoms with Gasteiger partial charge in [0.2, 0.25) is 0 Å². The summed E-state index contributed by atoms with van der Waals surface area (Å²) in [4.78, 5) is 22.5. The lowest BCUT2D eigenvalue weighted by atomic mass is 10.3. The number of halogens is 1. The van der Waals surface area contributed by atoms with Crippen molar-refractivity contribution in [3.63, 3.8) is 0 Å². The molecular weight excluding hydrogens is 261 g/mol. The number of urea groups is 1. The lowest BCUT2D eigenvalue weighted by Gasteiger charge is -2.05. The lowest BCUT2D eigenvalue weighted by Crippen LogP contribution is -2.19. The molecule has 20 heavy (non-hydrogen) atoms. The van der Waals surface area contributed by atoms with E-state index in [0.29, 0.717) is 22.4 Å². The minimum atomic E-state index is -0.465. The molecule has 100 valence electrons. The van der Waals surface area contributed by atoms with E-state index in [1.54, 1.807) is 24.5 Å². The normalized spacial score (nSPS) is 10.4. The average molecular weight is 271 g/mol. The Hall–Kier alpha value is -2.96. The summed E-state index contributed by atoms with van der Waals surface area (Å²) < 4.78 is 13.2. The van der Waals surface area contributed by atoms with Crippen LogP contribution in [0, 0.1) is 5.82 Å². The van der Waals surface area contributed by atoms with Crippen molar-refractivity contribution in [1.29, 1.82) is 0 Å². The summed E-state index contributed by atoms with van der Waals surface area (Å²) in [6.07, 6.45) is 5.80. The highest BCUT2D eigenvalue weighted by Crippen LogP contribution is 2.22. The van der Waals surface area contributed by atoms with Crippen molar-refractivity contribution in [2.24, 2.45) is 0 Å². The summed E-state index contributed by atoms with van der Waals surface area (Å²) in [6, 6.07) is 4.28. The zero-order valence-electron chi connectivity index (χ0n) is 10.2. The van der Waals surface area contributed by atoms with E-state index < -0.39 is 11.8 Å². The van der Waals surface area contributed by atoms with Crippen molar-refractivity contribution >= 4 is 28.4 Å². The van der Waals surface area contributed by atoms with Crippen molar-refractivity contribution in [2.75, 3.05) is 10.6 Å². The monoisotopic (exact) mass is 271 g/mol. The summed E-state index contributed by atoms with van der Waals surface area (Å²) in [6.45, 7) is 0. The fourth-order valence-corrected chi connectivity index (χ4v) is 1.80. The molecule has 0 unspecified atom stereocenters. The number of nitrogens with one attached hydrogen (secondary N) is 3. The highest BCUT2D eigenvalue weighted by Gasteiger charge is 2.09. The Morgan fingerprint density at radius 1 is 1.30 bits per heavy atom. The van der Waals surface area contributed by atoms with Crippen molar-refractivity contribution in [1.82, 2.24) is 15.0 Å². The van der Waals surface area contributed by atoms with Crippen LogP contribution in [0.25, 0.3) is 11.0 Å². The number of nitrogens with zero attached hydrogens (tertiary/aromatic N) is 2. The van der Waals surface area contributed by atoms with Crippen molar-refractivity contribution < 1.29 is 9.18 Å². The molecule has 0 spiro atoms. The van der Waals surface area contributed by atoms with Crippen LogP contribution in [0.1, 0.15) is 0 Å². The number of carbonyl (C=O) groups is 1. The Balaban J connectivity index is 1.79. The third kappa shape index (κ3) is 2.41. The van der Waals surface area contributed by atoms with Gasteiger partial charge >= 0.3 is 6.03 Å². The van der Waals surface area contributed by atoms with E-state index in [2.05, 4.69) is 25.6 Å². The van der Waals surface area contributed by atoms with Gasteiger partial charge in [-0.25, -0.2) is 14.2 Å². The van der Waals surface area contributed by atoms with Crippen LogP contribution >= 0.6 is 0 Å². The molecule has 3 N–H and O–H groups in total. The maximum atomic E-state index is 13.2. The molecule has 7 heteroatoms. The van der Waals surface area contributed by atoms with Crippen molar-refractivity contribution in [2.45, 2.75) is 0 Å². The molecule has 2 amide bonds. The van der Waals surface area contributed by atoms with Crippen LogP contribution in [0.2, 0.25) is 0 Å². The highest BCUT2D eigenvalue weighted by molar-refractivity contribution is 6.05. The van der Waals surface area contributed by atoms with Gasteiger partial charge in [-0.15, -0.1) is 0 Å². The Bertz CT molecular complexity index is 756. The number of rotatable bonds is 2. The van der Waals surface area contributed by atoms with Gasteiger partial charge in [-0.2, -0.15) is 0 Å². The number of aromatic amines is 1. The van der Waals surface area contributed by atoms with Crippen molar-refractivity contribution in [3.05, 3.63) is 48.8 Å². The van der Waals surface area contributed by atoms with Gasteiger partial charge < -0.3 is 15.6 Å². The standard InChI is InChI=1S/C13H10FN5O/c14-8-4-10-11(7-17-12(10)16-5-8)19-13(20)18-9-2-1-3-15-6-9/h1-7H,(H,16,17)(H2,18,19,20). The Morgan fingerprint density at radius 3 is 3.00 bits per heavy atom. The zero-order valence-corrected chi connectivity index (χ0v) is 10.2. The van der Waals surface area contributed by atoms with Gasteiger partial charge in [0.25, 0.3) is 0 Å². The number of H-pyrrole nitrogens is 1. The van der Waals surface area contributed by atoms with E-state index >= 15 is 0 Å². The first-order chi connectivity index (χ1) is 9.72. The Morgan fingerprint density at radius 2 is 2.20 bits per heavy atom. The molecule has 3 rings (SSSR count). The quantitative estimate of drug-likeness (QED) is 0.670. The Labute approximate surface area is 113 Å². The topological polar surface area (TPSA) is 82.7 Å². The second-order valence-corrected chi connectivity index (χ2v) is 4.07. The third-order valence-electron chi connectivity index (χ3n) is 2.67. The number of hydrogen-bond acceptors (Lipinski definition) is 3. The van der Waals surface area contributed by atoms with Crippen LogP contribution in [0.4, 0.5) is 20.6 Å². The van der Waals surface area contributed by atoms with Crippen molar-refractivity contribution in [3.8, 4) is 0 Å². The molecule has 0 saturated carbocycles. The minimum absolute atomic E-state index is 0.442. The SMILES string of the molecule is O=C(Nc1cccnc1)Nc1c[nH]c2ncc(F)cc12. The number of pyridine rings is 2. The molecule has 0 atom stereocenters. The number of carbonyl (C=O) groups excluding carboxylic acids is 1. The highest BCUT2D eigenvalue weighted by atomic mass is 19.1. The first kappa shape index (κ1) is 12.1. The molecule has 0 radical (unpaired) electrons. The molecule has 0 aliphatic heterocycles. The van der Waals surface area contributed by atoms with Gasteiger partial charge in [0.15, 0.2) is 0 Å². The number of hydrogen-bond donors (Lipinski definition) is 3. The lowest BCUT2D eigenvalue weighted by molar-refractivity contribution is 0.262. The number of aromatic nitrogens is 3. The summed E-state index contributed by atoms with van der Waals surface area (Å²) in [5.74, 6) is -0.465. The second kappa shape index (κ2) is 4.96. The van der Waals surface area contributed by atoms with Gasteiger partial charge in [0.05, 0.1) is 23.8 Å².